The molecular weight excluding hydrogens is 278 g/mol. The molecule has 0 aliphatic rings. The first-order valence-electron chi connectivity index (χ1n) is 7.84. The third kappa shape index (κ3) is 4.77. The average molecular weight is 303 g/mol. The number of imidazole rings is 1. The van der Waals surface area contributed by atoms with Crippen molar-refractivity contribution in [2.45, 2.75) is 46.4 Å². The Bertz CT molecular complexity index is 555. The lowest BCUT2D eigenvalue weighted by Crippen LogP contribution is -2.14. The van der Waals surface area contributed by atoms with Gasteiger partial charge in [-0.05, 0) is 38.0 Å². The van der Waals surface area contributed by atoms with Crippen LogP contribution in [0.1, 0.15) is 38.6 Å². The van der Waals surface area contributed by atoms with Crippen molar-refractivity contribution in [2.24, 2.45) is 0 Å². The van der Waals surface area contributed by atoms with E-state index in [1.165, 1.54) is 0 Å². The second kappa shape index (κ2) is 8.44. The topological polar surface area (TPSA) is 59.2 Å². The van der Waals surface area contributed by atoms with Gasteiger partial charge in [0.2, 0.25) is 0 Å². The van der Waals surface area contributed by atoms with E-state index in [-0.39, 0.29) is 6.10 Å². The minimum atomic E-state index is 0.183. The second-order valence-corrected chi connectivity index (χ2v) is 5.19. The van der Waals surface area contributed by atoms with Gasteiger partial charge in [-0.15, -0.1) is 0 Å². The molecular formula is C17H25N3O2. The fourth-order valence-electron chi connectivity index (χ4n) is 2.05. The summed E-state index contributed by atoms with van der Waals surface area (Å²) in [4.78, 5) is 7.26. The fraction of sp³-hybridized carbons (Fsp3) is 0.471. The molecule has 1 aromatic carbocycles. The van der Waals surface area contributed by atoms with Crippen LogP contribution in [0.15, 0.2) is 30.6 Å². The van der Waals surface area contributed by atoms with E-state index in [1.807, 2.05) is 25.3 Å². The molecule has 2 N–H and O–H groups in total. The summed E-state index contributed by atoms with van der Waals surface area (Å²) in [6.07, 6.45) is 4.73. The molecule has 1 atom stereocenters. The number of rotatable bonds is 9. The van der Waals surface area contributed by atoms with Gasteiger partial charge < -0.3 is 19.8 Å². The highest BCUT2D eigenvalue weighted by atomic mass is 16.5. The molecule has 1 aromatic heterocycles. The molecule has 0 aliphatic heterocycles. The van der Waals surface area contributed by atoms with Crippen molar-refractivity contribution in [3.63, 3.8) is 0 Å². The molecule has 22 heavy (non-hydrogen) atoms. The van der Waals surface area contributed by atoms with E-state index < -0.39 is 0 Å². The Morgan fingerprint density at radius 3 is 2.77 bits per heavy atom. The van der Waals surface area contributed by atoms with Crippen molar-refractivity contribution in [1.82, 2.24) is 15.3 Å². The molecule has 0 aliphatic carbocycles. The normalized spacial score (nSPS) is 12.1. The first-order chi connectivity index (χ1) is 10.7. The zero-order valence-electron chi connectivity index (χ0n) is 13.6. The molecule has 2 aromatic rings. The Hall–Kier alpha value is -2.01. The van der Waals surface area contributed by atoms with Crippen LogP contribution in [-0.4, -0.2) is 22.7 Å². The number of hydrogen-bond donors (Lipinski definition) is 2. The summed E-state index contributed by atoms with van der Waals surface area (Å²) in [5.74, 6) is 2.55. The fourth-order valence-corrected chi connectivity index (χ4v) is 2.05. The Kier molecular flexibility index (Phi) is 6.27. The highest BCUT2D eigenvalue weighted by Gasteiger charge is 2.09. The van der Waals surface area contributed by atoms with E-state index in [0.29, 0.717) is 13.2 Å². The SMILES string of the molecule is CCOc1cc(CNCc2ncc[nH]2)ccc1OC(C)CC. The highest BCUT2D eigenvalue weighted by Crippen LogP contribution is 2.29. The van der Waals surface area contributed by atoms with Crippen LogP contribution >= 0.6 is 0 Å². The van der Waals surface area contributed by atoms with Gasteiger partial charge in [-0.3, -0.25) is 0 Å². The summed E-state index contributed by atoms with van der Waals surface area (Å²) < 4.78 is 11.6. The summed E-state index contributed by atoms with van der Waals surface area (Å²) in [6, 6.07) is 6.09. The lowest BCUT2D eigenvalue weighted by Gasteiger charge is -2.17. The van der Waals surface area contributed by atoms with Crippen LogP contribution in [-0.2, 0) is 13.1 Å². The molecule has 1 unspecified atom stereocenters. The molecule has 0 amide bonds. The van der Waals surface area contributed by atoms with Gasteiger partial charge in [-0.1, -0.05) is 13.0 Å². The third-order valence-corrected chi connectivity index (χ3v) is 3.39. The van der Waals surface area contributed by atoms with Gasteiger partial charge >= 0.3 is 0 Å². The smallest absolute Gasteiger partial charge is 0.161 e. The number of hydrogen-bond acceptors (Lipinski definition) is 4. The van der Waals surface area contributed by atoms with Crippen LogP contribution in [0.25, 0.3) is 0 Å². The number of nitrogens with one attached hydrogen (secondary N) is 2. The van der Waals surface area contributed by atoms with E-state index in [0.717, 1.165) is 35.9 Å². The predicted molar refractivity (Wildman–Crippen MR) is 87.1 cm³/mol. The molecule has 0 saturated carbocycles. The van der Waals surface area contributed by atoms with Gasteiger partial charge in [0.25, 0.3) is 0 Å². The molecule has 5 heteroatoms. The lowest BCUT2D eigenvalue weighted by atomic mass is 10.2. The van der Waals surface area contributed by atoms with E-state index in [1.54, 1.807) is 6.20 Å². The van der Waals surface area contributed by atoms with Crippen molar-refractivity contribution < 1.29 is 9.47 Å². The third-order valence-electron chi connectivity index (χ3n) is 3.39. The van der Waals surface area contributed by atoms with Crippen molar-refractivity contribution >= 4 is 0 Å². The largest absolute Gasteiger partial charge is 0.490 e. The molecule has 1 heterocycles. The molecule has 0 saturated heterocycles. The van der Waals surface area contributed by atoms with Crippen LogP contribution in [0.3, 0.4) is 0 Å². The summed E-state index contributed by atoms with van der Waals surface area (Å²) in [7, 11) is 0. The Morgan fingerprint density at radius 2 is 2.09 bits per heavy atom. The number of aromatic amines is 1. The zero-order chi connectivity index (χ0) is 15.8. The van der Waals surface area contributed by atoms with Gasteiger partial charge in [-0.25, -0.2) is 4.98 Å². The maximum absolute atomic E-state index is 5.91. The van der Waals surface area contributed by atoms with Gasteiger partial charge in [0.15, 0.2) is 11.5 Å². The van der Waals surface area contributed by atoms with E-state index in [2.05, 4.69) is 35.2 Å². The highest BCUT2D eigenvalue weighted by molar-refractivity contribution is 5.43. The summed E-state index contributed by atoms with van der Waals surface area (Å²) in [5, 5.41) is 3.35. The number of ether oxygens (including phenoxy) is 2. The lowest BCUT2D eigenvalue weighted by molar-refractivity contribution is 0.203. The Morgan fingerprint density at radius 1 is 1.23 bits per heavy atom. The number of H-pyrrole nitrogens is 1. The first kappa shape index (κ1) is 16.4. The van der Waals surface area contributed by atoms with Gasteiger partial charge in [0, 0.05) is 18.9 Å². The van der Waals surface area contributed by atoms with Gasteiger partial charge in [-0.2, -0.15) is 0 Å². The first-order valence-corrected chi connectivity index (χ1v) is 7.84. The van der Waals surface area contributed by atoms with Gasteiger partial charge in [0.05, 0.1) is 19.3 Å². The van der Waals surface area contributed by atoms with Crippen LogP contribution < -0.4 is 14.8 Å². The van der Waals surface area contributed by atoms with Gasteiger partial charge in [0.1, 0.15) is 5.82 Å². The van der Waals surface area contributed by atoms with Crippen molar-refractivity contribution in [2.75, 3.05) is 6.61 Å². The summed E-state index contributed by atoms with van der Waals surface area (Å²) >= 11 is 0. The van der Waals surface area contributed by atoms with Crippen molar-refractivity contribution in [3.05, 3.63) is 42.0 Å². The number of benzene rings is 1. The van der Waals surface area contributed by atoms with Crippen molar-refractivity contribution in [1.29, 1.82) is 0 Å². The minimum Gasteiger partial charge on any atom is -0.490 e. The molecule has 0 spiro atoms. The molecule has 0 radical (unpaired) electrons. The Balaban J connectivity index is 1.98. The second-order valence-electron chi connectivity index (χ2n) is 5.19. The van der Waals surface area contributed by atoms with Crippen LogP contribution in [0, 0.1) is 0 Å². The maximum atomic E-state index is 5.91. The molecule has 5 nitrogen and oxygen atoms in total. The van der Waals surface area contributed by atoms with Crippen LogP contribution in [0.2, 0.25) is 0 Å². The van der Waals surface area contributed by atoms with E-state index in [9.17, 15) is 0 Å². The van der Waals surface area contributed by atoms with Crippen molar-refractivity contribution in [3.8, 4) is 11.5 Å². The summed E-state index contributed by atoms with van der Waals surface area (Å²) in [5.41, 5.74) is 1.16. The standard InChI is InChI=1S/C17H25N3O2/c1-4-13(3)22-15-7-6-14(10-16(15)21-5-2)11-18-12-17-19-8-9-20-17/h6-10,13,18H,4-5,11-12H2,1-3H3,(H,19,20). The zero-order valence-corrected chi connectivity index (χ0v) is 13.6. The van der Waals surface area contributed by atoms with Crippen LogP contribution in [0.4, 0.5) is 0 Å². The summed E-state index contributed by atoms with van der Waals surface area (Å²) in [6.45, 7) is 8.24. The average Bonchev–Trinajstić information content (AvgIpc) is 3.03. The van der Waals surface area contributed by atoms with E-state index in [4.69, 9.17) is 9.47 Å². The molecule has 0 bridgehead atoms. The quantitative estimate of drug-likeness (QED) is 0.746. The molecule has 0 fully saturated rings. The maximum Gasteiger partial charge on any atom is 0.161 e. The number of nitrogens with zero attached hydrogens (tertiary/aromatic N) is 1. The van der Waals surface area contributed by atoms with E-state index >= 15 is 0 Å². The molecule has 2 rings (SSSR count). The monoisotopic (exact) mass is 303 g/mol. The van der Waals surface area contributed by atoms with Crippen LogP contribution in [0.5, 0.6) is 11.5 Å². The minimum absolute atomic E-state index is 0.183. The number of aromatic nitrogens is 2. The predicted octanol–water partition coefficient (Wildman–Crippen LogP) is 3.28. The molecule has 120 valence electrons. The Labute approximate surface area is 132 Å².